The summed E-state index contributed by atoms with van der Waals surface area (Å²) >= 11 is 0. The van der Waals surface area contributed by atoms with E-state index in [1.807, 2.05) is 0 Å². The minimum Gasteiger partial charge on any atom is -0.444 e. The molecule has 2 N–H and O–H groups in total. The first kappa shape index (κ1) is 16.7. The highest BCUT2D eigenvalue weighted by atomic mass is 19.1. The molecule has 0 atom stereocenters. The number of hydrogen-bond acceptors (Lipinski definition) is 5. The average molecular weight is 318 g/mol. The minimum absolute atomic E-state index is 0.348. The van der Waals surface area contributed by atoms with E-state index in [0.29, 0.717) is 23.6 Å². The zero-order chi connectivity index (χ0) is 16.9. The van der Waals surface area contributed by atoms with Crippen LogP contribution in [-0.4, -0.2) is 21.7 Å². The number of nitrogens with one attached hydrogen (secondary N) is 2. The predicted octanol–water partition coefficient (Wildman–Crippen LogP) is 3.57. The largest absolute Gasteiger partial charge is 0.444 e. The van der Waals surface area contributed by atoms with Gasteiger partial charge in [0.1, 0.15) is 11.4 Å². The Kier molecular flexibility index (Phi) is 5.10. The van der Waals surface area contributed by atoms with E-state index < -0.39 is 17.5 Å². The lowest BCUT2D eigenvalue weighted by molar-refractivity contribution is 0.0636. The molecule has 0 aliphatic carbocycles. The van der Waals surface area contributed by atoms with Gasteiger partial charge in [-0.2, -0.15) is 0 Å². The summed E-state index contributed by atoms with van der Waals surface area (Å²) in [6, 6.07) is 4.03. The van der Waals surface area contributed by atoms with E-state index in [1.54, 1.807) is 39.4 Å². The smallest absolute Gasteiger partial charge is 0.412 e. The Labute approximate surface area is 134 Å². The molecular formula is C16H19FN4O2. The summed E-state index contributed by atoms with van der Waals surface area (Å²) in [5.74, 6) is -0.415. The van der Waals surface area contributed by atoms with Gasteiger partial charge < -0.3 is 10.1 Å². The fourth-order valence-electron chi connectivity index (χ4n) is 1.79. The van der Waals surface area contributed by atoms with Gasteiger partial charge in [0, 0.05) is 12.4 Å². The molecule has 1 amide bonds. The Morgan fingerprint density at radius 3 is 2.70 bits per heavy atom. The molecule has 2 rings (SSSR count). The summed E-state index contributed by atoms with van der Waals surface area (Å²) in [5.41, 5.74) is 0.933. The summed E-state index contributed by atoms with van der Waals surface area (Å²) in [6.07, 6.45) is 4.14. The number of carbonyl (C=O) groups is 1. The second-order valence-electron chi connectivity index (χ2n) is 5.87. The van der Waals surface area contributed by atoms with Crippen LogP contribution in [0.4, 0.5) is 20.6 Å². The highest BCUT2D eigenvalue weighted by molar-refractivity contribution is 5.89. The Bertz CT molecular complexity index is 672. The molecule has 1 heterocycles. The van der Waals surface area contributed by atoms with Crippen molar-refractivity contribution in [1.82, 2.24) is 9.97 Å². The Balaban J connectivity index is 2.09. The standard InChI is InChI=1S/C16H19FN4O2/c1-16(2,3)23-15(22)21-13-5-4-11(17)8-14(13)20-10-12-9-18-6-7-19-12/h4-9,20H,10H2,1-3H3,(H,21,22). The average Bonchev–Trinajstić information content (AvgIpc) is 2.46. The molecule has 122 valence electrons. The van der Waals surface area contributed by atoms with E-state index in [0.717, 1.165) is 0 Å². The summed E-state index contributed by atoms with van der Waals surface area (Å²) in [5, 5.41) is 5.63. The molecule has 6 nitrogen and oxygen atoms in total. The van der Waals surface area contributed by atoms with Gasteiger partial charge in [0.25, 0.3) is 0 Å². The third-order valence-corrected chi connectivity index (χ3v) is 2.69. The number of hydrogen-bond donors (Lipinski definition) is 2. The maximum absolute atomic E-state index is 13.5. The van der Waals surface area contributed by atoms with Gasteiger partial charge in [-0.05, 0) is 39.0 Å². The van der Waals surface area contributed by atoms with Crippen LogP contribution in [0.25, 0.3) is 0 Å². The van der Waals surface area contributed by atoms with Crippen molar-refractivity contribution in [1.29, 1.82) is 0 Å². The second-order valence-corrected chi connectivity index (χ2v) is 5.87. The Morgan fingerprint density at radius 2 is 2.04 bits per heavy atom. The number of carbonyl (C=O) groups excluding carboxylic acids is 1. The van der Waals surface area contributed by atoms with Crippen LogP contribution in [0.1, 0.15) is 26.5 Å². The maximum atomic E-state index is 13.5. The molecule has 0 radical (unpaired) electrons. The number of ether oxygens (including phenoxy) is 1. The molecule has 0 unspecified atom stereocenters. The number of amides is 1. The van der Waals surface area contributed by atoms with Crippen LogP contribution in [0, 0.1) is 5.82 Å². The molecule has 1 aromatic carbocycles. The van der Waals surface area contributed by atoms with Crippen LogP contribution < -0.4 is 10.6 Å². The topological polar surface area (TPSA) is 76.1 Å². The molecule has 0 spiro atoms. The van der Waals surface area contributed by atoms with E-state index in [-0.39, 0.29) is 0 Å². The molecule has 0 aliphatic heterocycles. The summed E-state index contributed by atoms with van der Waals surface area (Å²) in [6.45, 7) is 5.65. The van der Waals surface area contributed by atoms with Gasteiger partial charge in [0.2, 0.25) is 0 Å². The SMILES string of the molecule is CC(C)(C)OC(=O)Nc1ccc(F)cc1NCc1cnccn1. The molecule has 0 saturated heterocycles. The number of aromatic nitrogens is 2. The zero-order valence-electron chi connectivity index (χ0n) is 13.3. The number of anilines is 2. The van der Waals surface area contributed by atoms with Gasteiger partial charge >= 0.3 is 6.09 Å². The van der Waals surface area contributed by atoms with Crippen molar-refractivity contribution < 1.29 is 13.9 Å². The lowest BCUT2D eigenvalue weighted by atomic mass is 10.2. The minimum atomic E-state index is -0.614. The lowest BCUT2D eigenvalue weighted by Crippen LogP contribution is -2.27. The van der Waals surface area contributed by atoms with Gasteiger partial charge in [0.05, 0.1) is 29.8 Å². The maximum Gasteiger partial charge on any atom is 0.412 e. The Morgan fingerprint density at radius 1 is 1.26 bits per heavy atom. The molecular weight excluding hydrogens is 299 g/mol. The first-order valence-corrected chi connectivity index (χ1v) is 7.12. The van der Waals surface area contributed by atoms with Gasteiger partial charge in [-0.3, -0.25) is 15.3 Å². The van der Waals surface area contributed by atoms with Crippen molar-refractivity contribution in [2.45, 2.75) is 32.9 Å². The first-order valence-electron chi connectivity index (χ1n) is 7.12. The summed E-state index contributed by atoms with van der Waals surface area (Å²) < 4.78 is 18.7. The number of nitrogens with zero attached hydrogens (tertiary/aromatic N) is 2. The van der Waals surface area contributed by atoms with Crippen LogP contribution in [0.5, 0.6) is 0 Å². The molecule has 0 fully saturated rings. The van der Waals surface area contributed by atoms with E-state index in [9.17, 15) is 9.18 Å². The fraction of sp³-hybridized carbons (Fsp3) is 0.312. The predicted molar refractivity (Wildman–Crippen MR) is 85.6 cm³/mol. The fourth-order valence-corrected chi connectivity index (χ4v) is 1.79. The molecule has 2 aromatic rings. The number of rotatable bonds is 4. The van der Waals surface area contributed by atoms with Gasteiger partial charge in [-0.25, -0.2) is 9.18 Å². The van der Waals surface area contributed by atoms with Gasteiger partial charge in [-0.1, -0.05) is 0 Å². The molecule has 0 aliphatic rings. The van der Waals surface area contributed by atoms with E-state index in [2.05, 4.69) is 20.6 Å². The zero-order valence-corrected chi connectivity index (χ0v) is 13.3. The summed E-state index contributed by atoms with van der Waals surface area (Å²) in [7, 11) is 0. The van der Waals surface area contributed by atoms with E-state index in [1.165, 1.54) is 18.2 Å². The first-order chi connectivity index (χ1) is 10.8. The van der Waals surface area contributed by atoms with Crippen molar-refractivity contribution in [2.24, 2.45) is 0 Å². The van der Waals surface area contributed by atoms with Gasteiger partial charge in [0.15, 0.2) is 0 Å². The van der Waals surface area contributed by atoms with Crippen molar-refractivity contribution in [2.75, 3.05) is 10.6 Å². The monoisotopic (exact) mass is 318 g/mol. The Hall–Kier alpha value is -2.70. The van der Waals surface area contributed by atoms with Gasteiger partial charge in [-0.15, -0.1) is 0 Å². The normalized spacial score (nSPS) is 11.0. The third kappa shape index (κ3) is 5.54. The summed E-state index contributed by atoms with van der Waals surface area (Å²) in [4.78, 5) is 19.9. The highest BCUT2D eigenvalue weighted by Gasteiger charge is 2.17. The third-order valence-electron chi connectivity index (χ3n) is 2.69. The van der Waals surface area contributed by atoms with Crippen molar-refractivity contribution in [3.8, 4) is 0 Å². The number of halogens is 1. The van der Waals surface area contributed by atoms with Crippen LogP contribution in [-0.2, 0) is 11.3 Å². The van der Waals surface area contributed by atoms with Crippen molar-refractivity contribution in [3.05, 3.63) is 48.3 Å². The molecule has 1 aromatic heterocycles. The van der Waals surface area contributed by atoms with E-state index >= 15 is 0 Å². The van der Waals surface area contributed by atoms with Crippen molar-refractivity contribution in [3.63, 3.8) is 0 Å². The van der Waals surface area contributed by atoms with Crippen LogP contribution in [0.15, 0.2) is 36.8 Å². The molecule has 0 bridgehead atoms. The number of benzene rings is 1. The highest BCUT2D eigenvalue weighted by Crippen LogP contribution is 2.24. The lowest BCUT2D eigenvalue weighted by Gasteiger charge is -2.20. The molecule has 0 saturated carbocycles. The quantitative estimate of drug-likeness (QED) is 0.901. The van der Waals surface area contributed by atoms with Crippen LogP contribution in [0.3, 0.4) is 0 Å². The van der Waals surface area contributed by atoms with Crippen molar-refractivity contribution >= 4 is 17.5 Å². The second kappa shape index (κ2) is 7.04. The molecule has 7 heteroatoms. The molecule has 23 heavy (non-hydrogen) atoms. The van der Waals surface area contributed by atoms with Crippen LogP contribution >= 0.6 is 0 Å². The van der Waals surface area contributed by atoms with E-state index in [4.69, 9.17) is 4.74 Å². The van der Waals surface area contributed by atoms with Crippen LogP contribution in [0.2, 0.25) is 0 Å².